The van der Waals surface area contributed by atoms with Gasteiger partial charge in [0.05, 0.1) is 17.6 Å². The molecule has 2 heterocycles. The van der Waals surface area contributed by atoms with E-state index in [0.29, 0.717) is 17.4 Å². The van der Waals surface area contributed by atoms with Crippen LogP contribution in [-0.2, 0) is 4.79 Å². The van der Waals surface area contributed by atoms with Crippen molar-refractivity contribution in [2.24, 2.45) is 0 Å². The molecule has 1 N–H and O–H groups in total. The van der Waals surface area contributed by atoms with Crippen molar-refractivity contribution in [3.63, 3.8) is 0 Å². The SMILES string of the molecule is O=C1CCN(C(=O)c2ncc(F)cc2F)c2ccccc2N1. The summed E-state index contributed by atoms with van der Waals surface area (Å²) < 4.78 is 26.7. The number of aromatic nitrogens is 1. The lowest BCUT2D eigenvalue weighted by atomic mass is 10.2. The molecule has 0 bridgehead atoms. The smallest absolute Gasteiger partial charge is 0.279 e. The Hall–Kier alpha value is -2.83. The third kappa shape index (κ3) is 2.52. The number of fused-ring (bicyclic) bond motifs is 1. The zero-order valence-corrected chi connectivity index (χ0v) is 11.3. The molecule has 5 nitrogen and oxygen atoms in total. The van der Waals surface area contributed by atoms with Gasteiger partial charge in [0.15, 0.2) is 11.5 Å². The van der Waals surface area contributed by atoms with Crippen molar-refractivity contribution < 1.29 is 18.4 Å². The molecule has 2 amide bonds. The number of rotatable bonds is 1. The van der Waals surface area contributed by atoms with Crippen LogP contribution in [0.4, 0.5) is 20.2 Å². The first-order valence-corrected chi connectivity index (χ1v) is 6.58. The highest BCUT2D eigenvalue weighted by molar-refractivity contribution is 6.09. The number of benzene rings is 1. The van der Waals surface area contributed by atoms with E-state index in [2.05, 4.69) is 10.3 Å². The number of anilines is 2. The highest BCUT2D eigenvalue weighted by atomic mass is 19.1. The van der Waals surface area contributed by atoms with Gasteiger partial charge in [0.2, 0.25) is 5.91 Å². The molecule has 0 unspecified atom stereocenters. The predicted molar refractivity (Wildman–Crippen MR) is 75.5 cm³/mol. The normalized spacial score (nSPS) is 14.1. The first kappa shape index (κ1) is 14.1. The van der Waals surface area contributed by atoms with Gasteiger partial charge < -0.3 is 10.2 Å². The van der Waals surface area contributed by atoms with Crippen molar-refractivity contribution in [1.29, 1.82) is 0 Å². The van der Waals surface area contributed by atoms with Crippen molar-refractivity contribution in [1.82, 2.24) is 4.98 Å². The van der Waals surface area contributed by atoms with E-state index in [9.17, 15) is 18.4 Å². The van der Waals surface area contributed by atoms with E-state index in [1.165, 1.54) is 4.90 Å². The quantitative estimate of drug-likeness (QED) is 0.879. The number of hydrogen-bond donors (Lipinski definition) is 1. The van der Waals surface area contributed by atoms with E-state index in [1.54, 1.807) is 24.3 Å². The minimum Gasteiger partial charge on any atom is -0.324 e. The second-order valence-electron chi connectivity index (χ2n) is 4.76. The number of hydrogen-bond acceptors (Lipinski definition) is 3. The van der Waals surface area contributed by atoms with Gasteiger partial charge in [-0.1, -0.05) is 12.1 Å². The molecule has 22 heavy (non-hydrogen) atoms. The van der Waals surface area contributed by atoms with Gasteiger partial charge in [0.25, 0.3) is 5.91 Å². The van der Waals surface area contributed by atoms with Crippen LogP contribution in [0, 0.1) is 11.6 Å². The molecule has 1 aliphatic heterocycles. The molecule has 0 radical (unpaired) electrons. The predicted octanol–water partition coefficient (Wildman–Crippen LogP) is 2.35. The summed E-state index contributed by atoms with van der Waals surface area (Å²) in [4.78, 5) is 29.0. The van der Waals surface area contributed by atoms with Crippen LogP contribution in [0.5, 0.6) is 0 Å². The molecule has 2 aromatic rings. The molecule has 0 aliphatic carbocycles. The summed E-state index contributed by atoms with van der Waals surface area (Å²) in [6.07, 6.45) is 0.854. The molecule has 0 atom stereocenters. The second-order valence-corrected chi connectivity index (χ2v) is 4.76. The Labute approximate surface area is 124 Å². The number of pyridine rings is 1. The van der Waals surface area contributed by atoms with Gasteiger partial charge in [0.1, 0.15) is 5.82 Å². The standard InChI is InChI=1S/C15H11F2N3O2/c16-9-7-10(17)14(18-8-9)15(22)20-6-5-13(21)19-11-3-1-2-4-12(11)20/h1-4,7-8H,5-6H2,(H,19,21). The molecule has 7 heteroatoms. The van der Waals surface area contributed by atoms with Crippen LogP contribution in [0.3, 0.4) is 0 Å². The summed E-state index contributed by atoms with van der Waals surface area (Å²) >= 11 is 0. The maximum Gasteiger partial charge on any atom is 0.279 e. The molecular weight excluding hydrogens is 292 g/mol. The third-order valence-corrected chi connectivity index (χ3v) is 3.29. The fourth-order valence-corrected chi connectivity index (χ4v) is 2.27. The number of carbonyl (C=O) groups excluding carboxylic acids is 2. The van der Waals surface area contributed by atoms with E-state index in [0.717, 1.165) is 6.20 Å². The Kier molecular flexibility index (Phi) is 3.54. The molecule has 1 aromatic carbocycles. The lowest BCUT2D eigenvalue weighted by Crippen LogP contribution is -2.33. The molecule has 0 fully saturated rings. The van der Waals surface area contributed by atoms with Gasteiger partial charge in [-0.25, -0.2) is 13.8 Å². The maximum absolute atomic E-state index is 13.8. The highest BCUT2D eigenvalue weighted by Gasteiger charge is 2.27. The minimum absolute atomic E-state index is 0.0727. The monoisotopic (exact) mass is 303 g/mol. The Morgan fingerprint density at radius 1 is 1.27 bits per heavy atom. The molecule has 0 spiro atoms. The number of amides is 2. The van der Waals surface area contributed by atoms with Crippen molar-refractivity contribution >= 4 is 23.2 Å². The van der Waals surface area contributed by atoms with E-state index in [-0.39, 0.29) is 18.9 Å². The van der Waals surface area contributed by atoms with Crippen LogP contribution >= 0.6 is 0 Å². The highest BCUT2D eigenvalue weighted by Crippen LogP contribution is 2.29. The van der Waals surface area contributed by atoms with Gasteiger partial charge in [0, 0.05) is 19.0 Å². The summed E-state index contributed by atoms with van der Waals surface area (Å²) in [5, 5.41) is 2.68. The fraction of sp³-hybridized carbons (Fsp3) is 0.133. The average molecular weight is 303 g/mol. The number of carbonyl (C=O) groups is 2. The molecule has 3 rings (SSSR count). The zero-order chi connectivity index (χ0) is 15.7. The maximum atomic E-state index is 13.8. The van der Waals surface area contributed by atoms with Gasteiger partial charge in [-0.3, -0.25) is 9.59 Å². The van der Waals surface area contributed by atoms with E-state index in [4.69, 9.17) is 0 Å². The van der Waals surface area contributed by atoms with Crippen LogP contribution in [0.1, 0.15) is 16.9 Å². The van der Waals surface area contributed by atoms with Gasteiger partial charge in [-0.05, 0) is 12.1 Å². The first-order valence-electron chi connectivity index (χ1n) is 6.58. The third-order valence-electron chi connectivity index (χ3n) is 3.29. The lowest BCUT2D eigenvalue weighted by Gasteiger charge is -2.21. The van der Waals surface area contributed by atoms with Crippen molar-refractivity contribution in [2.75, 3.05) is 16.8 Å². The van der Waals surface area contributed by atoms with Crippen LogP contribution in [0.25, 0.3) is 0 Å². The zero-order valence-electron chi connectivity index (χ0n) is 11.3. The minimum atomic E-state index is -1.04. The van der Waals surface area contributed by atoms with E-state index >= 15 is 0 Å². The summed E-state index contributed by atoms with van der Waals surface area (Å²) in [5.41, 5.74) is 0.426. The Morgan fingerprint density at radius 3 is 2.82 bits per heavy atom. The van der Waals surface area contributed by atoms with Crippen LogP contribution < -0.4 is 10.2 Å². The van der Waals surface area contributed by atoms with E-state index in [1.807, 2.05) is 0 Å². The van der Waals surface area contributed by atoms with Crippen LogP contribution in [0.15, 0.2) is 36.5 Å². The summed E-state index contributed by atoms with van der Waals surface area (Å²) in [6.45, 7) is 0.0835. The van der Waals surface area contributed by atoms with Crippen LogP contribution in [0.2, 0.25) is 0 Å². The number of nitrogens with zero attached hydrogens (tertiary/aromatic N) is 2. The first-order chi connectivity index (χ1) is 10.6. The summed E-state index contributed by atoms with van der Waals surface area (Å²) in [6, 6.07) is 7.30. The number of halogens is 2. The van der Waals surface area contributed by atoms with Gasteiger partial charge in [-0.15, -0.1) is 0 Å². The number of para-hydroxylation sites is 2. The average Bonchev–Trinajstić information content (AvgIpc) is 2.65. The Morgan fingerprint density at radius 2 is 2.05 bits per heavy atom. The molecule has 112 valence electrons. The molecule has 0 saturated carbocycles. The summed E-state index contributed by atoms with van der Waals surface area (Å²) in [7, 11) is 0. The number of nitrogens with one attached hydrogen (secondary N) is 1. The van der Waals surface area contributed by atoms with Gasteiger partial charge >= 0.3 is 0 Å². The second kappa shape index (κ2) is 5.51. The van der Waals surface area contributed by atoms with Crippen molar-refractivity contribution in [3.8, 4) is 0 Å². The molecule has 1 aliphatic rings. The van der Waals surface area contributed by atoms with E-state index < -0.39 is 23.2 Å². The fourth-order valence-electron chi connectivity index (χ4n) is 2.27. The Balaban J connectivity index is 2.03. The molecule has 0 saturated heterocycles. The molecule has 1 aromatic heterocycles. The summed E-state index contributed by atoms with van der Waals surface area (Å²) in [5.74, 6) is -2.86. The molecular formula is C15H11F2N3O2. The van der Waals surface area contributed by atoms with Crippen LogP contribution in [-0.4, -0.2) is 23.3 Å². The largest absolute Gasteiger partial charge is 0.324 e. The topological polar surface area (TPSA) is 62.3 Å². The van der Waals surface area contributed by atoms with Crippen molar-refractivity contribution in [2.45, 2.75) is 6.42 Å². The lowest BCUT2D eigenvalue weighted by molar-refractivity contribution is -0.115. The van der Waals surface area contributed by atoms with Gasteiger partial charge in [-0.2, -0.15) is 0 Å². The Bertz CT molecular complexity index is 764. The van der Waals surface area contributed by atoms with Crippen molar-refractivity contribution in [3.05, 3.63) is 53.9 Å².